The number of benzene rings is 1. The van der Waals surface area contributed by atoms with Gasteiger partial charge in [0.2, 0.25) is 0 Å². The minimum Gasteiger partial charge on any atom is -0.362 e. The fourth-order valence-electron chi connectivity index (χ4n) is 0.963. The van der Waals surface area contributed by atoms with Crippen LogP contribution in [-0.2, 0) is 4.74 Å². The largest absolute Gasteiger partial charge is 0.362 e. The molecule has 0 aromatic heterocycles. The van der Waals surface area contributed by atoms with Gasteiger partial charge in [-0.2, -0.15) is 5.26 Å². The van der Waals surface area contributed by atoms with Gasteiger partial charge in [0.15, 0.2) is 6.10 Å². The van der Waals surface area contributed by atoms with E-state index in [1.54, 1.807) is 6.07 Å². The fourth-order valence-corrected chi connectivity index (χ4v) is 0.963. The van der Waals surface area contributed by atoms with E-state index in [0.29, 0.717) is 0 Å². The van der Waals surface area contributed by atoms with Crippen LogP contribution in [0.2, 0.25) is 0 Å². The molecule has 1 aromatic carbocycles. The average molecular weight is 183 g/mol. The average Bonchev–Trinajstić information content (AvgIpc) is 2.10. The summed E-state index contributed by atoms with van der Waals surface area (Å²) in [6, 6.07) is 4.75. The highest BCUT2D eigenvalue weighted by molar-refractivity contribution is 5.24. The van der Waals surface area contributed by atoms with Crippen molar-refractivity contribution in [3.05, 3.63) is 35.4 Å². The Morgan fingerprint density at radius 3 is 2.62 bits per heavy atom. The first-order valence-electron chi connectivity index (χ1n) is 3.56. The molecule has 1 aromatic rings. The van der Waals surface area contributed by atoms with Crippen molar-refractivity contribution in [2.45, 2.75) is 6.10 Å². The normalized spacial score (nSPS) is 12.2. The Hall–Kier alpha value is -1.47. The van der Waals surface area contributed by atoms with E-state index in [1.807, 2.05) is 0 Å². The van der Waals surface area contributed by atoms with Crippen LogP contribution in [0.25, 0.3) is 0 Å². The minimum atomic E-state index is -0.986. The zero-order chi connectivity index (χ0) is 9.84. The van der Waals surface area contributed by atoms with Crippen molar-refractivity contribution in [1.82, 2.24) is 0 Å². The highest BCUT2D eigenvalue weighted by atomic mass is 19.1. The van der Waals surface area contributed by atoms with Gasteiger partial charge in [-0.25, -0.2) is 8.78 Å². The van der Waals surface area contributed by atoms with Gasteiger partial charge in [-0.3, -0.25) is 0 Å². The number of halogens is 2. The lowest BCUT2D eigenvalue weighted by Gasteiger charge is -2.07. The second kappa shape index (κ2) is 3.97. The molecule has 0 heterocycles. The molecule has 0 aliphatic rings. The molecule has 0 saturated carbocycles. The molecular weight excluding hydrogens is 176 g/mol. The highest BCUT2D eigenvalue weighted by Crippen LogP contribution is 2.19. The molecule has 68 valence electrons. The summed E-state index contributed by atoms with van der Waals surface area (Å²) >= 11 is 0. The van der Waals surface area contributed by atoms with Crippen LogP contribution in [0.3, 0.4) is 0 Å². The monoisotopic (exact) mass is 183 g/mol. The minimum absolute atomic E-state index is 0.0476. The zero-order valence-corrected chi connectivity index (χ0v) is 6.92. The SMILES string of the molecule is COC(C#N)c1ccc(F)cc1F. The Morgan fingerprint density at radius 1 is 1.46 bits per heavy atom. The summed E-state index contributed by atoms with van der Waals surface area (Å²) in [5, 5.41) is 8.54. The topological polar surface area (TPSA) is 33.0 Å². The molecule has 4 heteroatoms. The molecule has 0 amide bonds. The quantitative estimate of drug-likeness (QED) is 0.703. The fraction of sp³-hybridized carbons (Fsp3) is 0.222. The molecule has 13 heavy (non-hydrogen) atoms. The van der Waals surface area contributed by atoms with Crippen molar-refractivity contribution >= 4 is 0 Å². The van der Waals surface area contributed by atoms with E-state index >= 15 is 0 Å². The number of hydrogen-bond donors (Lipinski definition) is 0. The van der Waals surface area contributed by atoms with Gasteiger partial charge in [-0.15, -0.1) is 0 Å². The second-order valence-electron chi connectivity index (χ2n) is 2.41. The third-order valence-electron chi connectivity index (χ3n) is 1.60. The second-order valence-corrected chi connectivity index (χ2v) is 2.41. The summed E-state index contributed by atoms with van der Waals surface area (Å²) in [4.78, 5) is 0. The summed E-state index contributed by atoms with van der Waals surface area (Å²) < 4.78 is 30.1. The molecule has 0 spiro atoms. The van der Waals surface area contributed by atoms with Crippen LogP contribution in [-0.4, -0.2) is 7.11 Å². The van der Waals surface area contributed by atoms with Crippen LogP contribution in [0.5, 0.6) is 0 Å². The first-order chi connectivity index (χ1) is 6.19. The lowest BCUT2D eigenvalue weighted by molar-refractivity contribution is 0.145. The summed E-state index contributed by atoms with van der Waals surface area (Å²) in [7, 11) is 1.29. The van der Waals surface area contributed by atoms with Gasteiger partial charge in [-0.05, 0) is 12.1 Å². The molecule has 0 aliphatic carbocycles. The Kier molecular flexibility index (Phi) is 2.93. The third-order valence-corrected chi connectivity index (χ3v) is 1.60. The molecule has 2 nitrogen and oxygen atoms in total. The highest BCUT2D eigenvalue weighted by Gasteiger charge is 2.14. The van der Waals surface area contributed by atoms with E-state index in [2.05, 4.69) is 4.74 Å². The Labute approximate surface area is 74.4 Å². The summed E-state index contributed by atoms with van der Waals surface area (Å²) in [5.41, 5.74) is 0.0476. The van der Waals surface area contributed by atoms with E-state index in [9.17, 15) is 8.78 Å². The maximum absolute atomic E-state index is 13.0. The molecule has 0 aliphatic heterocycles. The molecule has 0 N–H and O–H groups in total. The number of hydrogen-bond acceptors (Lipinski definition) is 2. The van der Waals surface area contributed by atoms with Crippen LogP contribution in [0.4, 0.5) is 8.78 Å². The molecular formula is C9H7F2NO. The van der Waals surface area contributed by atoms with Gasteiger partial charge in [0, 0.05) is 18.7 Å². The summed E-state index contributed by atoms with van der Waals surface area (Å²) in [5.74, 6) is -1.44. The molecule has 1 atom stereocenters. The molecule has 0 saturated heterocycles. The molecule has 1 rings (SSSR count). The van der Waals surface area contributed by atoms with Gasteiger partial charge in [0.1, 0.15) is 11.6 Å². The number of rotatable bonds is 2. The van der Waals surface area contributed by atoms with Gasteiger partial charge in [-0.1, -0.05) is 0 Å². The van der Waals surface area contributed by atoms with Gasteiger partial charge in [0.25, 0.3) is 0 Å². The maximum atomic E-state index is 13.0. The first-order valence-corrected chi connectivity index (χ1v) is 3.56. The van der Waals surface area contributed by atoms with Crippen molar-refractivity contribution < 1.29 is 13.5 Å². The Balaban J connectivity index is 3.09. The van der Waals surface area contributed by atoms with Crippen molar-refractivity contribution in [3.8, 4) is 6.07 Å². The predicted molar refractivity (Wildman–Crippen MR) is 41.7 cm³/mol. The molecule has 1 unspecified atom stereocenters. The Bertz CT molecular complexity index is 346. The third kappa shape index (κ3) is 2.01. The van der Waals surface area contributed by atoms with E-state index in [1.165, 1.54) is 13.2 Å². The van der Waals surface area contributed by atoms with Crippen LogP contribution >= 0.6 is 0 Å². The van der Waals surface area contributed by atoms with Crippen LogP contribution in [0, 0.1) is 23.0 Å². The summed E-state index contributed by atoms with van der Waals surface area (Å²) in [6.45, 7) is 0. The van der Waals surface area contributed by atoms with Gasteiger partial charge < -0.3 is 4.74 Å². The van der Waals surface area contributed by atoms with Crippen LogP contribution < -0.4 is 0 Å². The predicted octanol–water partition coefficient (Wildman–Crippen LogP) is 2.18. The van der Waals surface area contributed by atoms with Crippen LogP contribution in [0.1, 0.15) is 11.7 Å². The number of ether oxygens (including phenoxy) is 1. The van der Waals surface area contributed by atoms with E-state index < -0.39 is 17.7 Å². The van der Waals surface area contributed by atoms with Crippen molar-refractivity contribution in [2.75, 3.05) is 7.11 Å². The van der Waals surface area contributed by atoms with Crippen molar-refractivity contribution in [2.24, 2.45) is 0 Å². The zero-order valence-electron chi connectivity index (χ0n) is 6.92. The molecule has 0 bridgehead atoms. The number of nitriles is 1. The van der Waals surface area contributed by atoms with E-state index in [0.717, 1.165) is 12.1 Å². The molecule has 0 fully saturated rings. The Morgan fingerprint density at radius 2 is 2.15 bits per heavy atom. The van der Waals surface area contributed by atoms with Crippen LogP contribution in [0.15, 0.2) is 18.2 Å². The summed E-state index contributed by atoms with van der Waals surface area (Å²) in [6.07, 6.45) is -0.986. The van der Waals surface area contributed by atoms with Gasteiger partial charge >= 0.3 is 0 Å². The lowest BCUT2D eigenvalue weighted by Crippen LogP contribution is -2.01. The van der Waals surface area contributed by atoms with Gasteiger partial charge in [0.05, 0.1) is 6.07 Å². The maximum Gasteiger partial charge on any atom is 0.171 e. The van der Waals surface area contributed by atoms with E-state index in [4.69, 9.17) is 5.26 Å². The standard InChI is InChI=1S/C9H7F2NO/c1-13-9(5-12)7-3-2-6(10)4-8(7)11/h2-4,9H,1H3. The van der Waals surface area contributed by atoms with Crippen molar-refractivity contribution in [3.63, 3.8) is 0 Å². The first kappa shape index (κ1) is 9.62. The van der Waals surface area contributed by atoms with E-state index in [-0.39, 0.29) is 5.56 Å². The van der Waals surface area contributed by atoms with Crippen molar-refractivity contribution in [1.29, 1.82) is 5.26 Å². The lowest BCUT2D eigenvalue weighted by atomic mass is 10.1. The number of nitrogens with zero attached hydrogens (tertiary/aromatic N) is 1. The number of methoxy groups -OCH3 is 1. The molecule has 0 radical (unpaired) electrons. The smallest absolute Gasteiger partial charge is 0.171 e.